The van der Waals surface area contributed by atoms with Crippen molar-refractivity contribution in [3.63, 3.8) is 0 Å². The summed E-state index contributed by atoms with van der Waals surface area (Å²) in [6.07, 6.45) is 2.17. The van der Waals surface area contributed by atoms with Crippen molar-refractivity contribution in [3.8, 4) is 0 Å². The van der Waals surface area contributed by atoms with Gasteiger partial charge in [-0.15, -0.1) is 0 Å². The first kappa shape index (κ1) is 26.8. The largest absolute Gasteiger partial charge is 0.445 e. The van der Waals surface area contributed by atoms with E-state index in [2.05, 4.69) is 12.2 Å². The van der Waals surface area contributed by atoms with Crippen LogP contribution in [-0.2, 0) is 9.53 Å². The van der Waals surface area contributed by atoms with Crippen molar-refractivity contribution < 1.29 is 34.0 Å². The number of nitrogens with zero attached hydrogens (tertiary/aromatic N) is 1. The third-order valence-electron chi connectivity index (χ3n) is 9.30. The van der Waals surface area contributed by atoms with Gasteiger partial charge in [0.1, 0.15) is 11.9 Å². The molecule has 2 aliphatic carbocycles. The number of aliphatic hydroxyl groups excluding tert-OH is 3. The van der Waals surface area contributed by atoms with E-state index in [0.29, 0.717) is 32.2 Å². The van der Waals surface area contributed by atoms with Crippen LogP contribution in [-0.4, -0.2) is 70.2 Å². The summed E-state index contributed by atoms with van der Waals surface area (Å²) in [5.74, 6) is -0.890. The number of likely N-dealkylation sites (tertiary alicyclic amines) is 1. The maximum Gasteiger partial charge on any atom is 0.411 e. The molecule has 2 amide bonds. The van der Waals surface area contributed by atoms with Crippen LogP contribution in [0.2, 0.25) is 0 Å². The second-order valence-corrected chi connectivity index (χ2v) is 11.3. The van der Waals surface area contributed by atoms with Gasteiger partial charge in [0.05, 0.1) is 25.4 Å². The third-order valence-corrected chi connectivity index (χ3v) is 9.30. The van der Waals surface area contributed by atoms with Gasteiger partial charge in [0.15, 0.2) is 0 Å². The molecule has 4 N–H and O–H groups in total. The highest BCUT2D eigenvalue weighted by Gasteiger charge is 2.60. The maximum atomic E-state index is 13.5. The Morgan fingerprint density at radius 2 is 1.97 bits per heavy atom. The molecule has 1 unspecified atom stereocenters. The summed E-state index contributed by atoms with van der Waals surface area (Å²) < 4.78 is 19.3. The lowest BCUT2D eigenvalue weighted by atomic mass is 9.46. The predicted molar refractivity (Wildman–Crippen MR) is 131 cm³/mol. The smallest absolute Gasteiger partial charge is 0.411 e. The lowest BCUT2D eigenvalue weighted by Gasteiger charge is -2.60. The normalized spacial score (nSPS) is 36.3. The summed E-state index contributed by atoms with van der Waals surface area (Å²) in [6.45, 7) is 4.35. The minimum Gasteiger partial charge on any atom is -0.445 e. The summed E-state index contributed by atoms with van der Waals surface area (Å²) >= 11 is 0. The molecule has 9 heteroatoms. The molecular formula is C27H39FN2O6. The zero-order valence-electron chi connectivity index (χ0n) is 21.2. The Morgan fingerprint density at radius 1 is 1.19 bits per heavy atom. The number of fused-ring (bicyclic) bond motifs is 1. The van der Waals surface area contributed by atoms with Crippen molar-refractivity contribution in [1.82, 2.24) is 4.90 Å². The zero-order chi connectivity index (χ0) is 26.1. The van der Waals surface area contributed by atoms with Gasteiger partial charge in [0.25, 0.3) is 0 Å². The number of rotatable bonds is 6. The molecule has 2 saturated carbocycles. The molecule has 0 aromatic heterocycles. The number of halogens is 1. The number of ether oxygens (including phenoxy) is 1. The molecule has 1 aromatic carbocycles. The Hall–Kier alpha value is -2.23. The van der Waals surface area contributed by atoms with Crippen LogP contribution in [0.15, 0.2) is 24.3 Å². The highest BCUT2D eigenvalue weighted by molar-refractivity contribution is 5.84. The maximum absolute atomic E-state index is 13.5. The van der Waals surface area contributed by atoms with Crippen LogP contribution in [0.25, 0.3) is 0 Å². The fraction of sp³-hybridized carbons (Fsp3) is 0.704. The van der Waals surface area contributed by atoms with E-state index in [9.17, 15) is 29.3 Å². The predicted octanol–water partition coefficient (Wildman–Crippen LogP) is 3.30. The molecule has 1 heterocycles. The molecule has 3 aliphatic rings. The van der Waals surface area contributed by atoms with Crippen molar-refractivity contribution >= 4 is 17.7 Å². The van der Waals surface area contributed by atoms with Crippen LogP contribution in [0.3, 0.4) is 0 Å². The van der Waals surface area contributed by atoms with Gasteiger partial charge in [0.2, 0.25) is 5.91 Å². The SMILES string of the molecule is C[C@]1(CO)C2CC[C@@H](O)[C@@H](CC(=O)N3CCC[C@H]3CO)[C@]2(C)CC[C@H]1OC(=O)Nc1cccc(F)c1. The first-order valence-electron chi connectivity index (χ1n) is 13.0. The Morgan fingerprint density at radius 3 is 2.67 bits per heavy atom. The van der Waals surface area contributed by atoms with Gasteiger partial charge in [-0.05, 0) is 74.0 Å². The number of hydrogen-bond acceptors (Lipinski definition) is 6. The molecule has 0 bridgehead atoms. The Balaban J connectivity index is 1.50. The lowest BCUT2D eigenvalue weighted by Crippen LogP contribution is -2.61. The van der Waals surface area contributed by atoms with E-state index in [1.54, 1.807) is 11.0 Å². The standard InChI is InChI=1S/C27H39FN2O6/c1-26-11-10-23(36-25(35)29-18-6-3-5-17(28)13-18)27(2,16-32)22(26)9-8-21(33)20(26)14-24(34)30-12-4-7-19(30)15-31/h3,5-6,13,19-23,31-33H,4,7-12,14-16H2,1-2H3,(H,29,35)/t19-,20+,21+,22?,23+,26-,27-/m0/s1. The van der Waals surface area contributed by atoms with Gasteiger partial charge < -0.3 is 25.0 Å². The number of benzene rings is 1. The van der Waals surface area contributed by atoms with Crippen molar-refractivity contribution in [1.29, 1.82) is 0 Å². The molecule has 1 aliphatic heterocycles. The molecule has 7 atom stereocenters. The average Bonchev–Trinajstić information content (AvgIpc) is 3.32. The van der Waals surface area contributed by atoms with E-state index in [0.717, 1.165) is 12.8 Å². The summed E-state index contributed by atoms with van der Waals surface area (Å²) in [5, 5.41) is 33.8. The number of amides is 2. The summed E-state index contributed by atoms with van der Waals surface area (Å²) in [6, 6.07) is 5.39. The Bertz CT molecular complexity index is 962. The number of aliphatic hydroxyl groups is 3. The summed E-state index contributed by atoms with van der Waals surface area (Å²) in [7, 11) is 0. The van der Waals surface area contributed by atoms with E-state index in [1.165, 1.54) is 18.2 Å². The molecule has 0 radical (unpaired) electrons. The van der Waals surface area contributed by atoms with Crippen LogP contribution >= 0.6 is 0 Å². The van der Waals surface area contributed by atoms with Gasteiger partial charge >= 0.3 is 6.09 Å². The van der Waals surface area contributed by atoms with E-state index in [4.69, 9.17) is 4.74 Å². The minimum atomic E-state index is -0.769. The fourth-order valence-electron chi connectivity index (χ4n) is 7.28. The van der Waals surface area contributed by atoms with Gasteiger partial charge in [-0.1, -0.05) is 19.9 Å². The second-order valence-electron chi connectivity index (χ2n) is 11.3. The van der Waals surface area contributed by atoms with Crippen molar-refractivity contribution in [2.45, 2.75) is 77.0 Å². The molecule has 1 saturated heterocycles. The van der Waals surface area contributed by atoms with E-state index < -0.39 is 34.9 Å². The Kier molecular flexibility index (Phi) is 7.92. The molecule has 36 heavy (non-hydrogen) atoms. The van der Waals surface area contributed by atoms with Gasteiger partial charge in [-0.3, -0.25) is 10.1 Å². The molecule has 1 aromatic rings. The topological polar surface area (TPSA) is 119 Å². The van der Waals surface area contributed by atoms with Gasteiger partial charge in [0, 0.05) is 24.1 Å². The first-order chi connectivity index (χ1) is 17.1. The number of hydrogen-bond donors (Lipinski definition) is 4. The van der Waals surface area contributed by atoms with E-state index in [1.807, 2.05) is 6.92 Å². The lowest BCUT2D eigenvalue weighted by molar-refractivity contribution is -0.186. The fourth-order valence-corrected chi connectivity index (χ4v) is 7.28. The van der Waals surface area contributed by atoms with Gasteiger partial charge in [-0.2, -0.15) is 0 Å². The number of anilines is 1. The molecule has 200 valence electrons. The highest BCUT2D eigenvalue weighted by Crippen LogP contribution is 2.61. The van der Waals surface area contributed by atoms with Gasteiger partial charge in [-0.25, -0.2) is 9.18 Å². The van der Waals surface area contributed by atoms with Crippen LogP contribution < -0.4 is 5.32 Å². The van der Waals surface area contributed by atoms with Crippen LogP contribution in [0.1, 0.15) is 58.8 Å². The number of nitrogens with one attached hydrogen (secondary N) is 1. The number of carbonyl (C=O) groups is 2. The molecule has 3 fully saturated rings. The second kappa shape index (κ2) is 10.6. The zero-order valence-corrected chi connectivity index (χ0v) is 21.2. The first-order valence-corrected chi connectivity index (χ1v) is 13.0. The van der Waals surface area contributed by atoms with Crippen molar-refractivity contribution in [3.05, 3.63) is 30.1 Å². The van der Waals surface area contributed by atoms with Crippen molar-refractivity contribution in [2.24, 2.45) is 22.7 Å². The number of carbonyl (C=O) groups excluding carboxylic acids is 2. The third kappa shape index (κ3) is 4.97. The average molecular weight is 507 g/mol. The van der Waals surface area contributed by atoms with E-state index >= 15 is 0 Å². The van der Waals surface area contributed by atoms with Crippen molar-refractivity contribution in [2.75, 3.05) is 25.1 Å². The van der Waals surface area contributed by atoms with Crippen LogP contribution in [0, 0.1) is 28.5 Å². The van der Waals surface area contributed by atoms with Crippen LogP contribution in [0.4, 0.5) is 14.9 Å². The quantitative estimate of drug-likeness (QED) is 0.470. The monoisotopic (exact) mass is 506 g/mol. The molecule has 0 spiro atoms. The molecule has 4 rings (SSSR count). The highest BCUT2D eigenvalue weighted by atomic mass is 19.1. The van der Waals surface area contributed by atoms with E-state index in [-0.39, 0.29) is 49.1 Å². The van der Waals surface area contributed by atoms with Crippen LogP contribution in [0.5, 0.6) is 0 Å². The minimum absolute atomic E-state index is 0.0454. The summed E-state index contributed by atoms with van der Waals surface area (Å²) in [5.41, 5.74) is -0.915. The Labute approximate surface area is 211 Å². The molecular weight excluding hydrogens is 467 g/mol. The summed E-state index contributed by atoms with van der Waals surface area (Å²) in [4.78, 5) is 27.6. The molecule has 8 nitrogen and oxygen atoms in total.